The molecule has 0 N–H and O–H groups in total. The highest BCUT2D eigenvalue weighted by atomic mass is 16.5. The van der Waals surface area contributed by atoms with Crippen LogP contribution in [0.3, 0.4) is 0 Å². The van der Waals surface area contributed by atoms with Crippen LogP contribution in [0.1, 0.15) is 24.0 Å². The molecule has 0 atom stereocenters. The molecule has 1 aliphatic rings. The zero-order valence-corrected chi connectivity index (χ0v) is 15.2. The van der Waals surface area contributed by atoms with Crippen LogP contribution >= 0.6 is 0 Å². The number of benzene rings is 1. The Bertz CT molecular complexity index is 964. The van der Waals surface area contributed by atoms with Crippen LogP contribution in [-0.4, -0.2) is 47.8 Å². The molecule has 142 valence electrons. The number of aryl methyl sites for hydroxylation is 1. The number of amides is 3. The summed E-state index contributed by atoms with van der Waals surface area (Å²) in [6.45, 7) is 2.08. The van der Waals surface area contributed by atoms with Crippen molar-refractivity contribution in [3.05, 3.63) is 45.8 Å². The van der Waals surface area contributed by atoms with Gasteiger partial charge in [-0.05, 0) is 25.0 Å². The fraction of sp³-hybridized carbons (Fsp3) is 0.368. The predicted molar refractivity (Wildman–Crippen MR) is 96.0 cm³/mol. The molecule has 0 bridgehead atoms. The molecule has 2 aromatic rings. The lowest BCUT2D eigenvalue weighted by molar-refractivity contribution is -0.145. The minimum atomic E-state index is -0.505. The van der Waals surface area contributed by atoms with Gasteiger partial charge < -0.3 is 14.1 Å². The van der Waals surface area contributed by atoms with Gasteiger partial charge in [-0.15, -0.1) is 0 Å². The summed E-state index contributed by atoms with van der Waals surface area (Å²) in [5.74, 6) is -0.732. The van der Waals surface area contributed by atoms with Gasteiger partial charge in [0.2, 0.25) is 5.91 Å². The summed E-state index contributed by atoms with van der Waals surface area (Å²) in [6, 6.07) is 6.41. The number of fused-ring (bicyclic) bond motifs is 1. The van der Waals surface area contributed by atoms with E-state index in [1.807, 2.05) is 19.1 Å². The van der Waals surface area contributed by atoms with Gasteiger partial charge in [-0.2, -0.15) is 0 Å². The van der Waals surface area contributed by atoms with Gasteiger partial charge in [-0.3, -0.25) is 14.5 Å². The topological polar surface area (TPSA) is 97.1 Å². The number of rotatable bonds is 6. The van der Waals surface area contributed by atoms with E-state index in [9.17, 15) is 19.2 Å². The van der Waals surface area contributed by atoms with E-state index in [1.54, 1.807) is 13.1 Å². The average Bonchev–Trinajstić information content (AvgIpc) is 2.85. The first-order valence-corrected chi connectivity index (χ1v) is 8.59. The number of hydrogen-bond acceptors (Lipinski definition) is 6. The first-order valence-electron chi connectivity index (χ1n) is 8.59. The maximum Gasteiger partial charge on any atom is 0.336 e. The lowest BCUT2D eigenvalue weighted by Gasteiger charge is -2.13. The second-order valence-electron chi connectivity index (χ2n) is 6.54. The molecule has 3 rings (SSSR count). The fourth-order valence-corrected chi connectivity index (χ4v) is 2.96. The number of carbonyl (C=O) groups is 3. The summed E-state index contributed by atoms with van der Waals surface area (Å²) in [6.07, 6.45) is 0.389. The summed E-state index contributed by atoms with van der Waals surface area (Å²) < 4.78 is 10.4. The van der Waals surface area contributed by atoms with Crippen molar-refractivity contribution in [2.24, 2.45) is 0 Å². The smallest absolute Gasteiger partial charge is 0.336 e. The Morgan fingerprint density at radius 3 is 2.70 bits per heavy atom. The Kier molecular flexibility index (Phi) is 5.25. The number of likely N-dealkylation sites (N-methyl/N-ethyl adjacent to an activating group) is 1. The number of nitrogens with zero attached hydrogens (tertiary/aromatic N) is 2. The van der Waals surface area contributed by atoms with Crippen LogP contribution in [0.4, 0.5) is 4.79 Å². The molecule has 0 aliphatic carbocycles. The lowest BCUT2D eigenvalue weighted by Crippen LogP contribution is -2.32. The first kappa shape index (κ1) is 18.6. The quantitative estimate of drug-likeness (QED) is 0.436. The molecule has 8 heteroatoms. The highest BCUT2D eigenvalue weighted by Gasteiger charge is 2.32. The molecule has 1 aliphatic heterocycles. The summed E-state index contributed by atoms with van der Waals surface area (Å²) in [7, 11) is 1.55. The van der Waals surface area contributed by atoms with Crippen molar-refractivity contribution < 1.29 is 23.5 Å². The number of esters is 1. The van der Waals surface area contributed by atoms with Gasteiger partial charge >= 0.3 is 17.6 Å². The largest absolute Gasteiger partial charge is 0.461 e. The van der Waals surface area contributed by atoms with Crippen molar-refractivity contribution in [1.29, 1.82) is 0 Å². The van der Waals surface area contributed by atoms with Crippen LogP contribution in [0.5, 0.6) is 0 Å². The van der Waals surface area contributed by atoms with E-state index in [-0.39, 0.29) is 38.1 Å². The van der Waals surface area contributed by atoms with Gasteiger partial charge in [0, 0.05) is 37.0 Å². The lowest BCUT2D eigenvalue weighted by atomic mass is 10.1. The van der Waals surface area contributed by atoms with Crippen LogP contribution in [0.25, 0.3) is 11.0 Å². The molecule has 27 heavy (non-hydrogen) atoms. The fourth-order valence-electron chi connectivity index (χ4n) is 2.96. The molecule has 1 saturated heterocycles. The molecule has 3 amide bonds. The third-order valence-electron chi connectivity index (χ3n) is 4.37. The molecule has 1 aromatic heterocycles. The summed E-state index contributed by atoms with van der Waals surface area (Å²) >= 11 is 0. The van der Waals surface area contributed by atoms with E-state index >= 15 is 0 Å². The zero-order chi connectivity index (χ0) is 19.6. The molecule has 0 radical (unpaired) electrons. The Balaban J connectivity index is 1.55. The van der Waals surface area contributed by atoms with Crippen molar-refractivity contribution in [3.63, 3.8) is 0 Å². The third kappa shape index (κ3) is 4.16. The molecule has 0 saturated carbocycles. The van der Waals surface area contributed by atoms with E-state index in [0.29, 0.717) is 23.0 Å². The number of hydrogen-bond donors (Lipinski definition) is 0. The molecule has 2 heterocycles. The monoisotopic (exact) mass is 372 g/mol. The summed E-state index contributed by atoms with van der Waals surface area (Å²) in [5.41, 5.74) is 1.47. The number of urea groups is 1. The third-order valence-corrected chi connectivity index (χ3v) is 4.37. The Morgan fingerprint density at radius 1 is 1.22 bits per heavy atom. The van der Waals surface area contributed by atoms with Crippen molar-refractivity contribution in [3.8, 4) is 0 Å². The van der Waals surface area contributed by atoms with E-state index in [0.717, 1.165) is 10.5 Å². The highest BCUT2D eigenvalue weighted by molar-refractivity contribution is 6.01. The molecular weight excluding hydrogens is 352 g/mol. The van der Waals surface area contributed by atoms with E-state index in [4.69, 9.17) is 9.15 Å². The van der Waals surface area contributed by atoms with Crippen LogP contribution in [0.2, 0.25) is 0 Å². The molecule has 1 aromatic carbocycles. The van der Waals surface area contributed by atoms with E-state index in [1.165, 1.54) is 11.0 Å². The summed E-state index contributed by atoms with van der Waals surface area (Å²) in [5, 5.41) is 0.712. The minimum Gasteiger partial charge on any atom is -0.461 e. The standard InChI is InChI=1S/C19H20N2O6/c1-12-5-6-14-13(9-18(24)27-15(14)8-12)11-26-17(23)4-3-7-21-16(22)10-20(2)19(21)25/h5-6,8-9H,3-4,7,10-11H2,1-2H3. The van der Waals surface area contributed by atoms with E-state index in [2.05, 4.69) is 0 Å². The van der Waals surface area contributed by atoms with Crippen LogP contribution in [0, 0.1) is 6.92 Å². The number of ether oxygens (including phenoxy) is 1. The van der Waals surface area contributed by atoms with Crippen molar-refractivity contribution >= 4 is 28.9 Å². The van der Waals surface area contributed by atoms with Gasteiger partial charge in [-0.1, -0.05) is 12.1 Å². The van der Waals surface area contributed by atoms with Gasteiger partial charge in [0.25, 0.3) is 0 Å². The van der Waals surface area contributed by atoms with Crippen LogP contribution in [-0.2, 0) is 20.9 Å². The number of imide groups is 1. The predicted octanol–water partition coefficient (Wildman–Crippen LogP) is 1.82. The summed E-state index contributed by atoms with van der Waals surface area (Å²) in [4.78, 5) is 49.5. The zero-order valence-electron chi connectivity index (χ0n) is 15.2. The van der Waals surface area contributed by atoms with E-state index < -0.39 is 11.6 Å². The Hall–Kier alpha value is -3.16. The molecule has 0 unspecified atom stereocenters. The Labute approximate surface area is 155 Å². The normalized spacial score (nSPS) is 14.3. The minimum absolute atomic E-state index is 0.0473. The molecule has 0 spiro atoms. The second-order valence-corrected chi connectivity index (χ2v) is 6.54. The highest BCUT2D eigenvalue weighted by Crippen LogP contribution is 2.19. The first-order chi connectivity index (χ1) is 12.8. The molecular formula is C19H20N2O6. The molecule has 8 nitrogen and oxygen atoms in total. The van der Waals surface area contributed by atoms with Gasteiger partial charge in [-0.25, -0.2) is 9.59 Å². The Morgan fingerprint density at radius 2 is 2.00 bits per heavy atom. The SMILES string of the molecule is Cc1ccc2c(COC(=O)CCCN3C(=O)CN(C)C3=O)cc(=O)oc2c1. The maximum absolute atomic E-state index is 12.0. The van der Waals surface area contributed by atoms with Crippen LogP contribution in [0.15, 0.2) is 33.5 Å². The molecule has 1 fully saturated rings. The average molecular weight is 372 g/mol. The van der Waals surface area contributed by atoms with Crippen molar-refractivity contribution in [2.45, 2.75) is 26.4 Å². The maximum atomic E-state index is 12.0. The van der Waals surface area contributed by atoms with Crippen molar-refractivity contribution in [1.82, 2.24) is 9.80 Å². The van der Waals surface area contributed by atoms with Gasteiger partial charge in [0.1, 0.15) is 18.7 Å². The number of carbonyl (C=O) groups excluding carboxylic acids is 3. The van der Waals surface area contributed by atoms with Gasteiger partial charge in [0.15, 0.2) is 0 Å². The van der Waals surface area contributed by atoms with Crippen LogP contribution < -0.4 is 5.63 Å². The van der Waals surface area contributed by atoms with Gasteiger partial charge in [0.05, 0.1) is 0 Å². The van der Waals surface area contributed by atoms with Crippen molar-refractivity contribution in [2.75, 3.05) is 20.1 Å². The second kappa shape index (κ2) is 7.61.